The number of fused-ring (bicyclic) bond motifs is 1. The molecule has 1 heterocycles. The number of halogens is 2. The Hall–Kier alpha value is -1.60. The molecule has 5 nitrogen and oxygen atoms in total. The zero-order valence-corrected chi connectivity index (χ0v) is 19.8. The standard InChI is InChI=1S/C23H26Cl2N2O3S/c1-26(15-16-5-8-21(24)22(25)13-16)23(28)18-9-11-27(12-10-18)31(29,30)20-7-6-17-3-2-4-19(17)14-20/h5-8,13-14,18H,2-4,9-12,15H2,1H3. The van der Waals surface area contributed by atoms with E-state index in [9.17, 15) is 13.2 Å². The maximum absolute atomic E-state index is 13.1. The first-order valence-corrected chi connectivity index (χ1v) is 12.8. The van der Waals surface area contributed by atoms with Crippen molar-refractivity contribution >= 4 is 39.1 Å². The van der Waals surface area contributed by atoms with E-state index in [2.05, 4.69) is 0 Å². The van der Waals surface area contributed by atoms with Crippen molar-refractivity contribution in [3.8, 4) is 0 Å². The average molecular weight is 481 g/mol. The number of rotatable bonds is 5. The topological polar surface area (TPSA) is 57.7 Å². The Morgan fingerprint density at radius 2 is 1.74 bits per heavy atom. The Labute approximate surface area is 194 Å². The number of carbonyl (C=O) groups is 1. The average Bonchev–Trinajstić information content (AvgIpc) is 3.24. The van der Waals surface area contributed by atoms with Crippen molar-refractivity contribution in [1.29, 1.82) is 0 Å². The number of aryl methyl sites for hydroxylation is 2. The lowest BCUT2D eigenvalue weighted by Crippen LogP contribution is -2.43. The first-order chi connectivity index (χ1) is 14.8. The molecule has 2 aliphatic rings. The summed E-state index contributed by atoms with van der Waals surface area (Å²) < 4.78 is 27.7. The molecule has 2 aromatic rings. The van der Waals surface area contributed by atoms with Gasteiger partial charge in [-0.15, -0.1) is 0 Å². The molecule has 0 bridgehead atoms. The summed E-state index contributed by atoms with van der Waals surface area (Å²) in [6.45, 7) is 1.15. The molecule has 8 heteroatoms. The van der Waals surface area contributed by atoms with Gasteiger partial charge in [-0.3, -0.25) is 4.79 Å². The van der Waals surface area contributed by atoms with E-state index in [4.69, 9.17) is 23.2 Å². The summed E-state index contributed by atoms with van der Waals surface area (Å²) in [6.07, 6.45) is 4.10. The Morgan fingerprint density at radius 3 is 2.45 bits per heavy atom. The molecule has 1 saturated heterocycles. The SMILES string of the molecule is CN(Cc1ccc(Cl)c(Cl)c1)C(=O)C1CCN(S(=O)(=O)c2ccc3c(c2)CCC3)CC1. The summed E-state index contributed by atoms with van der Waals surface area (Å²) in [5, 5.41) is 0.946. The summed E-state index contributed by atoms with van der Waals surface area (Å²) in [4.78, 5) is 15.0. The van der Waals surface area contributed by atoms with Gasteiger partial charge in [0.1, 0.15) is 0 Å². The lowest BCUT2D eigenvalue weighted by Gasteiger charge is -2.32. The molecule has 0 spiro atoms. The van der Waals surface area contributed by atoms with E-state index < -0.39 is 10.0 Å². The summed E-state index contributed by atoms with van der Waals surface area (Å²) in [5.74, 6) is -0.153. The maximum Gasteiger partial charge on any atom is 0.243 e. The van der Waals surface area contributed by atoms with Crippen LogP contribution in [0.1, 0.15) is 36.0 Å². The molecule has 2 aromatic carbocycles. The number of hydrogen-bond acceptors (Lipinski definition) is 3. The summed E-state index contributed by atoms with van der Waals surface area (Å²) in [5.41, 5.74) is 3.31. The van der Waals surface area contributed by atoms with Gasteiger partial charge < -0.3 is 4.90 Å². The smallest absolute Gasteiger partial charge is 0.243 e. The second kappa shape index (κ2) is 9.10. The minimum atomic E-state index is -3.53. The predicted octanol–water partition coefficient (Wildman–Crippen LogP) is 4.54. The molecule has 166 valence electrons. The Kier molecular flexibility index (Phi) is 6.63. The predicted molar refractivity (Wildman–Crippen MR) is 123 cm³/mol. The zero-order chi connectivity index (χ0) is 22.2. The number of nitrogens with zero attached hydrogens (tertiary/aromatic N) is 2. The molecule has 0 aromatic heterocycles. The quantitative estimate of drug-likeness (QED) is 0.630. The number of carbonyl (C=O) groups excluding carboxylic acids is 1. The van der Waals surface area contributed by atoms with E-state index in [0.717, 1.165) is 30.4 Å². The second-order valence-corrected chi connectivity index (χ2v) is 11.2. The number of sulfonamides is 1. The highest BCUT2D eigenvalue weighted by Crippen LogP contribution is 2.29. The third-order valence-electron chi connectivity index (χ3n) is 6.29. The van der Waals surface area contributed by atoms with Crippen LogP contribution < -0.4 is 0 Å². The molecule has 0 N–H and O–H groups in total. The van der Waals surface area contributed by atoms with E-state index in [0.29, 0.717) is 47.4 Å². The highest BCUT2D eigenvalue weighted by atomic mass is 35.5. The van der Waals surface area contributed by atoms with Crippen molar-refractivity contribution in [3.05, 3.63) is 63.1 Å². The molecule has 0 atom stereocenters. The summed E-state index contributed by atoms with van der Waals surface area (Å²) in [6, 6.07) is 10.8. The molecule has 0 unspecified atom stereocenters. The van der Waals surface area contributed by atoms with Gasteiger partial charge in [0.05, 0.1) is 14.9 Å². The van der Waals surface area contributed by atoms with Gasteiger partial charge in [-0.2, -0.15) is 4.31 Å². The van der Waals surface area contributed by atoms with Gasteiger partial charge in [-0.1, -0.05) is 35.3 Å². The van der Waals surface area contributed by atoms with Gasteiger partial charge in [0, 0.05) is 32.6 Å². The number of piperidine rings is 1. The summed E-state index contributed by atoms with van der Waals surface area (Å²) >= 11 is 12.0. The highest BCUT2D eigenvalue weighted by molar-refractivity contribution is 7.89. The van der Waals surface area contributed by atoms with Crippen LogP contribution in [0.3, 0.4) is 0 Å². The molecule has 31 heavy (non-hydrogen) atoms. The van der Waals surface area contributed by atoms with Crippen LogP contribution in [0.5, 0.6) is 0 Å². The van der Waals surface area contributed by atoms with Gasteiger partial charge >= 0.3 is 0 Å². The van der Waals surface area contributed by atoms with Crippen LogP contribution >= 0.6 is 23.2 Å². The maximum atomic E-state index is 13.1. The third-order valence-corrected chi connectivity index (χ3v) is 8.92. The minimum Gasteiger partial charge on any atom is -0.341 e. The van der Waals surface area contributed by atoms with Crippen molar-refractivity contribution in [3.63, 3.8) is 0 Å². The molecule has 4 rings (SSSR count). The van der Waals surface area contributed by atoms with Crippen molar-refractivity contribution in [2.45, 2.75) is 43.5 Å². The monoisotopic (exact) mass is 480 g/mol. The fraction of sp³-hybridized carbons (Fsp3) is 0.435. The Balaban J connectivity index is 1.37. The van der Waals surface area contributed by atoms with Crippen molar-refractivity contribution < 1.29 is 13.2 Å². The fourth-order valence-corrected chi connectivity index (χ4v) is 6.34. The van der Waals surface area contributed by atoms with Crippen LogP contribution in [0.2, 0.25) is 10.0 Å². The zero-order valence-electron chi connectivity index (χ0n) is 17.5. The first-order valence-electron chi connectivity index (χ1n) is 10.6. The van der Waals surface area contributed by atoms with E-state index in [1.807, 2.05) is 18.2 Å². The van der Waals surface area contributed by atoms with Crippen LogP contribution in [0.4, 0.5) is 0 Å². The van der Waals surface area contributed by atoms with E-state index in [-0.39, 0.29) is 11.8 Å². The molecule has 0 radical (unpaired) electrons. The molecular weight excluding hydrogens is 455 g/mol. The lowest BCUT2D eigenvalue weighted by atomic mass is 9.96. The molecule has 1 fully saturated rings. The van der Waals surface area contributed by atoms with Gasteiger partial charge in [0.25, 0.3) is 0 Å². The third kappa shape index (κ3) is 4.77. The largest absolute Gasteiger partial charge is 0.341 e. The van der Waals surface area contributed by atoms with E-state index >= 15 is 0 Å². The molecular formula is C23H26Cl2N2O3S. The van der Waals surface area contributed by atoms with Crippen molar-refractivity contribution in [2.75, 3.05) is 20.1 Å². The van der Waals surface area contributed by atoms with Crippen LogP contribution in [-0.2, 0) is 34.2 Å². The number of benzene rings is 2. The first kappa shape index (κ1) is 22.6. The minimum absolute atomic E-state index is 0.0284. The van der Waals surface area contributed by atoms with Crippen LogP contribution in [0, 0.1) is 5.92 Å². The van der Waals surface area contributed by atoms with Crippen LogP contribution in [0.15, 0.2) is 41.3 Å². The molecule has 1 aliphatic heterocycles. The lowest BCUT2D eigenvalue weighted by molar-refractivity contribution is -0.135. The van der Waals surface area contributed by atoms with Crippen molar-refractivity contribution in [2.24, 2.45) is 5.92 Å². The Bertz CT molecular complexity index is 1100. The van der Waals surface area contributed by atoms with Crippen LogP contribution in [0.25, 0.3) is 0 Å². The second-order valence-electron chi connectivity index (χ2n) is 8.41. The molecule has 1 aliphatic carbocycles. The number of amides is 1. The van der Waals surface area contributed by atoms with Gasteiger partial charge in [0.15, 0.2) is 0 Å². The summed E-state index contributed by atoms with van der Waals surface area (Å²) in [7, 11) is -1.77. The van der Waals surface area contributed by atoms with Gasteiger partial charge in [-0.05, 0) is 73.1 Å². The number of hydrogen-bond donors (Lipinski definition) is 0. The van der Waals surface area contributed by atoms with Crippen LogP contribution in [-0.4, -0.2) is 43.7 Å². The van der Waals surface area contributed by atoms with E-state index in [1.54, 1.807) is 30.1 Å². The molecule has 1 amide bonds. The van der Waals surface area contributed by atoms with Gasteiger partial charge in [0.2, 0.25) is 15.9 Å². The Morgan fingerprint density at radius 1 is 1.03 bits per heavy atom. The molecule has 0 saturated carbocycles. The van der Waals surface area contributed by atoms with Gasteiger partial charge in [-0.25, -0.2) is 8.42 Å². The fourth-order valence-electron chi connectivity index (χ4n) is 4.50. The highest BCUT2D eigenvalue weighted by Gasteiger charge is 2.33. The normalized spacial score (nSPS) is 17.5. The van der Waals surface area contributed by atoms with E-state index in [1.165, 1.54) is 9.87 Å². The van der Waals surface area contributed by atoms with Crippen molar-refractivity contribution in [1.82, 2.24) is 9.21 Å².